The normalized spacial score (nSPS) is 11.5. The Kier molecular flexibility index (Phi) is 3.67. The van der Waals surface area contributed by atoms with Crippen molar-refractivity contribution in [1.29, 1.82) is 0 Å². The largest absolute Gasteiger partial charge is 0.285 e. The number of amides is 1. The number of nitrogens with one attached hydrogen (secondary N) is 1. The molecule has 9 heteroatoms. The van der Waals surface area contributed by atoms with E-state index in [1.54, 1.807) is 30.3 Å². The second kappa shape index (κ2) is 5.50. The molecule has 1 amide bonds. The van der Waals surface area contributed by atoms with Crippen molar-refractivity contribution < 1.29 is 13.2 Å². The highest BCUT2D eigenvalue weighted by atomic mass is 79.9. The minimum atomic E-state index is -3.93. The van der Waals surface area contributed by atoms with Crippen LogP contribution in [-0.2, 0) is 10.0 Å². The maximum atomic E-state index is 12.1. The Hall–Kier alpha value is -2.26. The Morgan fingerprint density at radius 2 is 1.86 bits per heavy atom. The summed E-state index contributed by atoms with van der Waals surface area (Å²) in [6.07, 6.45) is 1.36. The van der Waals surface area contributed by atoms with Gasteiger partial charge in [-0.2, -0.15) is 5.10 Å². The first-order chi connectivity index (χ1) is 10.5. The monoisotopic (exact) mass is 380 g/mol. The molecule has 0 aliphatic rings. The molecule has 22 heavy (non-hydrogen) atoms. The van der Waals surface area contributed by atoms with E-state index in [1.165, 1.54) is 22.8 Å². The van der Waals surface area contributed by atoms with Gasteiger partial charge in [0.05, 0.1) is 11.1 Å². The molecule has 0 saturated carbocycles. The summed E-state index contributed by atoms with van der Waals surface area (Å²) in [6.45, 7) is 0. The van der Waals surface area contributed by atoms with Gasteiger partial charge in [0.2, 0.25) is 0 Å². The molecule has 0 fully saturated rings. The van der Waals surface area contributed by atoms with Crippen molar-refractivity contribution in [3.8, 4) is 0 Å². The van der Waals surface area contributed by atoms with Gasteiger partial charge in [-0.25, -0.2) is 22.6 Å². The van der Waals surface area contributed by atoms with E-state index in [9.17, 15) is 13.2 Å². The first kappa shape index (κ1) is 14.7. The van der Waals surface area contributed by atoms with Crippen molar-refractivity contribution in [3.63, 3.8) is 0 Å². The highest BCUT2D eigenvalue weighted by molar-refractivity contribution is 9.10. The predicted octanol–water partition coefficient (Wildman–Crippen LogP) is 1.61. The van der Waals surface area contributed by atoms with Gasteiger partial charge in [-0.1, -0.05) is 18.2 Å². The van der Waals surface area contributed by atoms with E-state index in [4.69, 9.17) is 0 Å². The summed E-state index contributed by atoms with van der Waals surface area (Å²) >= 11 is 3.20. The number of imidazole rings is 1. The molecule has 1 aromatic carbocycles. The number of benzene rings is 1. The molecule has 0 radical (unpaired) electrons. The van der Waals surface area contributed by atoms with Crippen LogP contribution in [0.25, 0.3) is 5.65 Å². The molecule has 1 N–H and O–H groups in total. The van der Waals surface area contributed by atoms with Crippen molar-refractivity contribution in [2.45, 2.75) is 4.90 Å². The Balaban J connectivity index is 1.90. The summed E-state index contributed by atoms with van der Waals surface area (Å²) in [6, 6.07) is 11.0. The number of fused-ring (bicyclic) bond motifs is 1. The molecule has 0 saturated heterocycles. The Bertz CT molecular complexity index is 954. The van der Waals surface area contributed by atoms with E-state index in [0.717, 1.165) is 0 Å². The Morgan fingerprint density at radius 3 is 2.59 bits per heavy atom. The second-order valence-corrected chi connectivity index (χ2v) is 6.83. The Morgan fingerprint density at radius 1 is 1.14 bits per heavy atom. The quantitative estimate of drug-likeness (QED) is 0.744. The molecule has 7 nitrogen and oxygen atoms in total. The highest BCUT2D eigenvalue weighted by Crippen LogP contribution is 2.11. The van der Waals surface area contributed by atoms with Crippen molar-refractivity contribution in [1.82, 2.24) is 19.3 Å². The van der Waals surface area contributed by atoms with E-state index < -0.39 is 15.9 Å². The van der Waals surface area contributed by atoms with Gasteiger partial charge < -0.3 is 0 Å². The van der Waals surface area contributed by atoms with Crippen LogP contribution < -0.4 is 4.72 Å². The van der Waals surface area contributed by atoms with Gasteiger partial charge in [0.1, 0.15) is 10.3 Å². The van der Waals surface area contributed by atoms with Crippen LogP contribution in [0.1, 0.15) is 10.5 Å². The third kappa shape index (κ3) is 2.85. The van der Waals surface area contributed by atoms with Crippen LogP contribution in [0.3, 0.4) is 0 Å². The molecule has 112 valence electrons. The van der Waals surface area contributed by atoms with Crippen LogP contribution >= 0.6 is 15.9 Å². The van der Waals surface area contributed by atoms with Gasteiger partial charge in [0.25, 0.3) is 15.9 Å². The zero-order chi connectivity index (χ0) is 15.7. The van der Waals surface area contributed by atoms with Crippen molar-refractivity contribution in [3.05, 3.63) is 59.0 Å². The molecule has 2 heterocycles. The number of halogens is 1. The standard InChI is InChI=1S/C13H9BrN4O3S/c14-11-6-7-12-15-10(8-18(12)16-11)13(19)17-22(20,21)9-4-2-1-3-5-9/h1-8H,(H,17,19). The predicted molar refractivity (Wildman–Crippen MR) is 81.8 cm³/mol. The molecule has 3 rings (SSSR count). The van der Waals surface area contributed by atoms with Gasteiger partial charge in [-0.3, -0.25) is 4.79 Å². The fourth-order valence-corrected chi connectivity index (χ4v) is 3.09. The maximum absolute atomic E-state index is 12.1. The fourth-order valence-electron chi connectivity index (χ4n) is 1.80. The number of hydrogen-bond donors (Lipinski definition) is 1. The molecule has 0 unspecified atom stereocenters. The van der Waals surface area contributed by atoms with Crippen LogP contribution in [-0.4, -0.2) is 28.9 Å². The van der Waals surface area contributed by atoms with Gasteiger partial charge >= 0.3 is 0 Å². The van der Waals surface area contributed by atoms with Gasteiger partial charge in [0, 0.05) is 0 Å². The smallest absolute Gasteiger partial charge is 0.266 e. The molecule has 0 aliphatic heterocycles. The van der Waals surface area contributed by atoms with E-state index in [1.807, 2.05) is 4.72 Å². The van der Waals surface area contributed by atoms with Crippen molar-refractivity contribution >= 4 is 37.5 Å². The highest BCUT2D eigenvalue weighted by Gasteiger charge is 2.20. The molecular weight excluding hydrogens is 372 g/mol. The maximum Gasteiger partial charge on any atom is 0.285 e. The molecule has 0 atom stereocenters. The van der Waals surface area contributed by atoms with Crippen LogP contribution in [0, 0.1) is 0 Å². The second-order valence-electron chi connectivity index (χ2n) is 4.33. The van der Waals surface area contributed by atoms with Gasteiger partial charge in [-0.15, -0.1) is 0 Å². The van der Waals surface area contributed by atoms with Crippen LogP contribution in [0.5, 0.6) is 0 Å². The number of carbonyl (C=O) groups is 1. The third-order valence-corrected chi connectivity index (χ3v) is 4.57. The van der Waals surface area contributed by atoms with E-state index in [2.05, 4.69) is 26.0 Å². The lowest BCUT2D eigenvalue weighted by Gasteiger charge is -2.04. The van der Waals surface area contributed by atoms with E-state index >= 15 is 0 Å². The minimum Gasteiger partial charge on any atom is -0.266 e. The summed E-state index contributed by atoms with van der Waals surface area (Å²) in [5.41, 5.74) is 0.399. The molecular formula is C13H9BrN4O3S. The summed E-state index contributed by atoms with van der Waals surface area (Å²) in [4.78, 5) is 16.1. The number of hydrogen-bond acceptors (Lipinski definition) is 5. The first-order valence-electron chi connectivity index (χ1n) is 6.10. The average Bonchev–Trinajstić information content (AvgIpc) is 2.91. The van der Waals surface area contributed by atoms with Crippen molar-refractivity contribution in [2.24, 2.45) is 0 Å². The number of rotatable bonds is 3. The van der Waals surface area contributed by atoms with Crippen LogP contribution in [0.15, 0.2) is 58.2 Å². The zero-order valence-corrected chi connectivity index (χ0v) is 13.4. The SMILES string of the molecule is O=C(NS(=O)(=O)c1ccccc1)c1cn2nc(Br)ccc2n1. The van der Waals surface area contributed by atoms with Gasteiger partial charge in [0.15, 0.2) is 5.65 Å². The molecule has 2 aromatic heterocycles. The van der Waals surface area contributed by atoms with Gasteiger partial charge in [-0.05, 0) is 40.2 Å². The van der Waals surface area contributed by atoms with E-state index in [0.29, 0.717) is 10.3 Å². The summed E-state index contributed by atoms with van der Waals surface area (Å²) < 4.78 is 28.1. The lowest BCUT2D eigenvalue weighted by molar-refractivity contribution is 0.0977. The first-order valence-corrected chi connectivity index (χ1v) is 8.37. The molecule has 0 spiro atoms. The molecule has 0 aliphatic carbocycles. The summed E-state index contributed by atoms with van der Waals surface area (Å²) in [5, 5.41) is 4.07. The third-order valence-electron chi connectivity index (χ3n) is 2.80. The van der Waals surface area contributed by atoms with Crippen LogP contribution in [0.4, 0.5) is 0 Å². The van der Waals surface area contributed by atoms with Crippen molar-refractivity contribution in [2.75, 3.05) is 0 Å². The lowest BCUT2D eigenvalue weighted by Crippen LogP contribution is -2.30. The number of nitrogens with zero attached hydrogens (tertiary/aromatic N) is 3. The van der Waals surface area contributed by atoms with Crippen LogP contribution in [0.2, 0.25) is 0 Å². The summed E-state index contributed by atoms with van der Waals surface area (Å²) in [7, 11) is -3.93. The zero-order valence-electron chi connectivity index (χ0n) is 11.0. The fraction of sp³-hybridized carbons (Fsp3) is 0. The average molecular weight is 381 g/mol. The number of sulfonamides is 1. The lowest BCUT2D eigenvalue weighted by atomic mass is 10.4. The molecule has 0 bridgehead atoms. The van der Waals surface area contributed by atoms with E-state index in [-0.39, 0.29) is 10.6 Å². The number of carbonyl (C=O) groups excluding carboxylic acids is 1. The Labute approximate surface area is 134 Å². The molecule has 3 aromatic rings. The topological polar surface area (TPSA) is 93.4 Å². The number of aromatic nitrogens is 3. The summed E-state index contributed by atoms with van der Waals surface area (Å²) in [5.74, 6) is -0.814. The minimum absolute atomic E-state index is 0.00739.